The van der Waals surface area contributed by atoms with Crippen molar-refractivity contribution in [3.8, 4) is 0 Å². The van der Waals surface area contributed by atoms with E-state index in [9.17, 15) is 19.2 Å². The molecule has 0 fully saturated rings. The Morgan fingerprint density at radius 1 is 0.625 bits per heavy atom. The molecule has 4 rings (SSSR count). The summed E-state index contributed by atoms with van der Waals surface area (Å²) in [5.41, 5.74) is 1.18. The summed E-state index contributed by atoms with van der Waals surface area (Å²) in [6.45, 7) is 1.07. The van der Waals surface area contributed by atoms with Gasteiger partial charge >= 0.3 is 0 Å². The minimum absolute atomic E-state index is 0.179. The molecule has 10 heteroatoms. The number of rotatable bonds is 8. The van der Waals surface area contributed by atoms with Crippen molar-refractivity contribution in [2.45, 2.75) is 12.8 Å². The maximum atomic E-state index is 13.1. The second-order valence-electron chi connectivity index (χ2n) is 7.25. The van der Waals surface area contributed by atoms with E-state index in [4.69, 9.17) is 0 Å². The number of thiocarbonyl (C=S) groups is 2. The van der Waals surface area contributed by atoms with Crippen LogP contribution >= 0.6 is 24.4 Å². The van der Waals surface area contributed by atoms with Crippen molar-refractivity contribution in [1.82, 2.24) is 9.80 Å². The lowest BCUT2D eigenvalue weighted by Crippen LogP contribution is -2.44. The number of carbonyl (C=O) groups excluding carboxylic acids is 4. The number of isothiocyanates is 2. The van der Waals surface area contributed by atoms with Gasteiger partial charge in [-0.25, -0.2) is 9.98 Å². The van der Waals surface area contributed by atoms with E-state index >= 15 is 0 Å². The molecular formula is C22H16N4O4S2. The Bertz CT molecular complexity index is 1120. The van der Waals surface area contributed by atoms with E-state index in [1.165, 1.54) is 0 Å². The highest BCUT2D eigenvalue weighted by molar-refractivity contribution is 7.78. The number of aliphatic imine (C=N–C) groups is 2. The molecule has 2 aromatic carbocycles. The van der Waals surface area contributed by atoms with Crippen LogP contribution < -0.4 is 0 Å². The number of carbonyl (C=O) groups is 4. The summed E-state index contributed by atoms with van der Waals surface area (Å²) < 4.78 is 0. The van der Waals surface area contributed by atoms with Gasteiger partial charge in [-0.05, 0) is 61.5 Å². The molecule has 4 amide bonds. The van der Waals surface area contributed by atoms with Crippen molar-refractivity contribution in [3.05, 3.63) is 46.5 Å². The SMILES string of the molecule is O=C1c2ccc3c4c(ccc(c24)C(=O)N1CCCN=C=S)C(=O)N(CCCN=C=S)C3=O. The molecule has 2 aromatic rings. The van der Waals surface area contributed by atoms with Crippen molar-refractivity contribution in [1.29, 1.82) is 0 Å². The Kier molecular flexibility index (Phi) is 6.12. The van der Waals surface area contributed by atoms with Crippen LogP contribution in [0.25, 0.3) is 10.8 Å². The van der Waals surface area contributed by atoms with Gasteiger partial charge < -0.3 is 0 Å². The first-order valence-electron chi connectivity index (χ1n) is 9.90. The van der Waals surface area contributed by atoms with Crippen LogP contribution in [0.15, 0.2) is 34.3 Å². The zero-order valence-corrected chi connectivity index (χ0v) is 18.4. The van der Waals surface area contributed by atoms with Crippen molar-refractivity contribution >= 4 is 69.2 Å². The van der Waals surface area contributed by atoms with Crippen LogP contribution in [0.2, 0.25) is 0 Å². The summed E-state index contributed by atoms with van der Waals surface area (Å²) in [6, 6.07) is 6.18. The van der Waals surface area contributed by atoms with Crippen LogP contribution in [0.1, 0.15) is 54.3 Å². The van der Waals surface area contributed by atoms with E-state index in [0.717, 1.165) is 9.80 Å². The molecule has 160 valence electrons. The summed E-state index contributed by atoms with van der Waals surface area (Å²) in [5.74, 6) is -1.84. The summed E-state index contributed by atoms with van der Waals surface area (Å²) in [6.07, 6.45) is 0.907. The predicted molar refractivity (Wildman–Crippen MR) is 124 cm³/mol. The van der Waals surface area contributed by atoms with Crippen molar-refractivity contribution < 1.29 is 19.2 Å². The molecule has 0 radical (unpaired) electrons. The number of amides is 4. The summed E-state index contributed by atoms with van der Waals surface area (Å²) >= 11 is 9.06. The lowest BCUT2D eigenvalue weighted by atomic mass is 9.86. The number of imide groups is 2. The molecule has 32 heavy (non-hydrogen) atoms. The highest BCUT2D eigenvalue weighted by Gasteiger charge is 2.39. The molecule has 0 aliphatic carbocycles. The molecule has 0 N–H and O–H groups in total. The first-order chi connectivity index (χ1) is 15.5. The molecule has 2 heterocycles. The van der Waals surface area contributed by atoms with E-state index in [1.807, 2.05) is 0 Å². The molecule has 0 saturated heterocycles. The van der Waals surface area contributed by atoms with E-state index in [1.54, 1.807) is 24.3 Å². The molecule has 0 unspecified atom stereocenters. The summed E-state index contributed by atoms with van der Waals surface area (Å²) in [7, 11) is 0. The lowest BCUT2D eigenvalue weighted by molar-refractivity contribution is 0.0588. The Labute approximate surface area is 193 Å². The minimum atomic E-state index is -0.460. The molecule has 0 spiro atoms. The fourth-order valence-electron chi connectivity index (χ4n) is 4.09. The van der Waals surface area contributed by atoms with Crippen LogP contribution in [0.3, 0.4) is 0 Å². The Hall–Kier alpha value is -3.42. The van der Waals surface area contributed by atoms with Gasteiger partial charge in [0.2, 0.25) is 0 Å². The maximum Gasteiger partial charge on any atom is 0.261 e. The molecule has 0 saturated carbocycles. The fraction of sp³-hybridized carbons (Fsp3) is 0.273. The van der Waals surface area contributed by atoms with Crippen molar-refractivity contribution in [2.24, 2.45) is 9.98 Å². The molecule has 0 atom stereocenters. The predicted octanol–water partition coefficient (Wildman–Crippen LogP) is 3.02. The van der Waals surface area contributed by atoms with Gasteiger partial charge in [-0.15, -0.1) is 0 Å². The molecular weight excluding hydrogens is 448 g/mol. The second-order valence-corrected chi connectivity index (χ2v) is 7.61. The fourth-order valence-corrected chi connectivity index (χ4v) is 4.27. The zero-order valence-electron chi connectivity index (χ0n) is 16.8. The smallest absolute Gasteiger partial charge is 0.261 e. The number of benzene rings is 2. The Morgan fingerprint density at radius 3 is 1.22 bits per heavy atom. The Morgan fingerprint density at radius 2 is 0.938 bits per heavy atom. The first-order valence-corrected chi connectivity index (χ1v) is 10.7. The lowest BCUT2D eigenvalue weighted by Gasteiger charge is -2.31. The number of hydrogen-bond acceptors (Lipinski definition) is 8. The van der Waals surface area contributed by atoms with Gasteiger partial charge in [-0.1, -0.05) is 0 Å². The van der Waals surface area contributed by atoms with Gasteiger partial charge in [0.25, 0.3) is 23.6 Å². The van der Waals surface area contributed by atoms with Gasteiger partial charge in [-0.2, -0.15) is 0 Å². The van der Waals surface area contributed by atoms with Gasteiger partial charge in [0.1, 0.15) is 0 Å². The minimum Gasteiger partial charge on any atom is -0.274 e. The normalized spacial score (nSPS) is 14.5. The average Bonchev–Trinajstić information content (AvgIpc) is 2.80. The third-order valence-electron chi connectivity index (χ3n) is 5.50. The van der Waals surface area contributed by atoms with Crippen LogP contribution in [-0.2, 0) is 0 Å². The monoisotopic (exact) mass is 464 g/mol. The quantitative estimate of drug-likeness (QED) is 0.258. The summed E-state index contributed by atoms with van der Waals surface area (Å²) in [4.78, 5) is 62.2. The number of hydrogen-bond donors (Lipinski definition) is 0. The van der Waals surface area contributed by atoms with Crippen molar-refractivity contribution in [2.75, 3.05) is 26.2 Å². The highest BCUT2D eigenvalue weighted by Crippen LogP contribution is 2.37. The maximum absolute atomic E-state index is 13.1. The molecule has 0 bridgehead atoms. The van der Waals surface area contributed by atoms with Gasteiger partial charge in [-0.3, -0.25) is 29.0 Å². The van der Waals surface area contributed by atoms with E-state index in [-0.39, 0.29) is 13.1 Å². The van der Waals surface area contributed by atoms with Gasteiger partial charge in [0.05, 0.1) is 23.4 Å². The largest absolute Gasteiger partial charge is 0.274 e. The summed E-state index contributed by atoms with van der Waals surface area (Å²) in [5, 5.41) is 5.22. The first kappa shape index (κ1) is 21.8. The standard InChI is InChI=1S/C22H16N4O4S2/c27-19-13-3-5-15-18-16(22(30)26(21(15)29)10-2-8-24-12-32)6-4-14(17(13)18)20(28)25(19)9-1-7-23-11-31/h3-6H,1-2,7-10H2. The van der Waals surface area contributed by atoms with E-state index in [0.29, 0.717) is 59.0 Å². The third-order valence-corrected chi connectivity index (χ3v) is 5.75. The molecule has 2 aliphatic rings. The van der Waals surface area contributed by atoms with Crippen LogP contribution in [0.5, 0.6) is 0 Å². The van der Waals surface area contributed by atoms with Crippen molar-refractivity contribution in [3.63, 3.8) is 0 Å². The highest BCUT2D eigenvalue weighted by atomic mass is 32.1. The molecule has 8 nitrogen and oxygen atoms in total. The van der Waals surface area contributed by atoms with Gasteiger partial charge in [0, 0.05) is 46.1 Å². The van der Waals surface area contributed by atoms with Gasteiger partial charge in [0.15, 0.2) is 0 Å². The van der Waals surface area contributed by atoms with E-state index in [2.05, 4.69) is 44.7 Å². The second kappa shape index (κ2) is 8.98. The molecule has 0 aromatic heterocycles. The third kappa shape index (κ3) is 3.49. The average molecular weight is 465 g/mol. The number of nitrogens with zero attached hydrogens (tertiary/aromatic N) is 4. The topological polar surface area (TPSA) is 99.5 Å². The van der Waals surface area contributed by atoms with Crippen LogP contribution in [-0.4, -0.2) is 69.9 Å². The van der Waals surface area contributed by atoms with E-state index < -0.39 is 23.6 Å². The zero-order chi connectivity index (χ0) is 22.8. The molecule has 2 aliphatic heterocycles. The Balaban J connectivity index is 1.75. The van der Waals surface area contributed by atoms with Crippen LogP contribution in [0.4, 0.5) is 0 Å². The van der Waals surface area contributed by atoms with Crippen LogP contribution in [0, 0.1) is 0 Å².